The number of thiophene rings is 1. The maximum Gasteiger partial charge on any atom is 0.263 e. The molecule has 1 aliphatic rings. The van der Waals surface area contributed by atoms with E-state index in [2.05, 4.69) is 6.92 Å². The van der Waals surface area contributed by atoms with Gasteiger partial charge in [0.15, 0.2) is 0 Å². The van der Waals surface area contributed by atoms with Crippen molar-refractivity contribution in [1.82, 2.24) is 4.90 Å². The van der Waals surface area contributed by atoms with Crippen molar-refractivity contribution in [2.75, 3.05) is 19.6 Å². The summed E-state index contributed by atoms with van der Waals surface area (Å²) in [6.07, 6.45) is 0.920. The number of nitrogens with zero attached hydrogens (tertiary/aromatic N) is 1. The van der Waals surface area contributed by atoms with Crippen LogP contribution < -0.4 is 11.5 Å². The molecule has 4 N–H and O–H groups in total. The minimum absolute atomic E-state index is 0.0133. The van der Waals surface area contributed by atoms with E-state index in [1.807, 2.05) is 0 Å². The number of hydrogen-bond donors (Lipinski definition) is 2. The summed E-state index contributed by atoms with van der Waals surface area (Å²) in [5.74, 6) is -0.539. The highest BCUT2D eigenvalue weighted by atomic mass is 32.1. The van der Waals surface area contributed by atoms with Crippen LogP contribution in [0.3, 0.4) is 0 Å². The fourth-order valence-corrected chi connectivity index (χ4v) is 2.96. The van der Waals surface area contributed by atoms with Crippen LogP contribution in [0.5, 0.6) is 0 Å². The zero-order valence-corrected chi connectivity index (χ0v) is 11.1. The first-order valence-electron chi connectivity index (χ1n) is 5.83. The normalized spacial score (nSPS) is 23.3. The largest absolute Gasteiger partial charge is 0.366 e. The summed E-state index contributed by atoms with van der Waals surface area (Å²) >= 11 is 1.26. The molecule has 1 aromatic heterocycles. The van der Waals surface area contributed by atoms with Crippen LogP contribution in [0.15, 0.2) is 11.4 Å². The molecule has 0 spiro atoms. The zero-order valence-electron chi connectivity index (χ0n) is 10.3. The molecule has 0 aromatic carbocycles. The Labute approximate surface area is 110 Å². The predicted octanol–water partition coefficient (Wildman–Crippen LogP) is 0.658. The van der Waals surface area contributed by atoms with Gasteiger partial charge in [-0.25, -0.2) is 0 Å². The van der Waals surface area contributed by atoms with E-state index < -0.39 is 5.91 Å². The first-order valence-corrected chi connectivity index (χ1v) is 6.71. The average Bonchev–Trinajstić information content (AvgIpc) is 2.95. The van der Waals surface area contributed by atoms with Crippen LogP contribution in [-0.2, 0) is 0 Å². The first kappa shape index (κ1) is 13.0. The van der Waals surface area contributed by atoms with Gasteiger partial charge in [-0.15, -0.1) is 11.3 Å². The van der Waals surface area contributed by atoms with E-state index in [1.54, 1.807) is 16.3 Å². The Morgan fingerprint density at radius 1 is 1.56 bits per heavy atom. The second kappa shape index (κ2) is 4.70. The Balaban J connectivity index is 2.10. The van der Waals surface area contributed by atoms with Crippen LogP contribution in [0, 0.1) is 5.41 Å². The third-order valence-corrected chi connectivity index (χ3v) is 4.35. The highest BCUT2D eigenvalue weighted by Gasteiger charge is 2.35. The Bertz CT molecular complexity index is 485. The molecular weight excluding hydrogens is 250 g/mol. The van der Waals surface area contributed by atoms with Crippen molar-refractivity contribution in [3.63, 3.8) is 0 Å². The second-order valence-corrected chi connectivity index (χ2v) is 5.97. The fraction of sp³-hybridized carbons (Fsp3) is 0.500. The number of likely N-dealkylation sites (tertiary alicyclic amines) is 1. The van der Waals surface area contributed by atoms with Crippen molar-refractivity contribution in [2.45, 2.75) is 13.3 Å². The molecule has 18 heavy (non-hydrogen) atoms. The fourth-order valence-electron chi connectivity index (χ4n) is 2.10. The van der Waals surface area contributed by atoms with Crippen molar-refractivity contribution in [3.8, 4) is 0 Å². The average molecular weight is 267 g/mol. The van der Waals surface area contributed by atoms with Crippen LogP contribution in [0.4, 0.5) is 0 Å². The summed E-state index contributed by atoms with van der Waals surface area (Å²) < 4.78 is 0. The van der Waals surface area contributed by atoms with Crippen molar-refractivity contribution in [2.24, 2.45) is 16.9 Å². The molecule has 1 fully saturated rings. The van der Waals surface area contributed by atoms with Crippen molar-refractivity contribution in [1.29, 1.82) is 0 Å². The van der Waals surface area contributed by atoms with Gasteiger partial charge in [0.05, 0.1) is 10.4 Å². The number of carbonyl (C=O) groups is 2. The highest BCUT2D eigenvalue weighted by molar-refractivity contribution is 7.12. The van der Waals surface area contributed by atoms with E-state index in [0.29, 0.717) is 23.5 Å². The number of carbonyl (C=O) groups excluding carboxylic acids is 2. The lowest BCUT2D eigenvalue weighted by molar-refractivity contribution is 0.0781. The molecule has 0 bridgehead atoms. The van der Waals surface area contributed by atoms with Crippen molar-refractivity contribution in [3.05, 3.63) is 21.9 Å². The maximum absolute atomic E-state index is 12.2. The molecule has 2 rings (SSSR count). The lowest BCUT2D eigenvalue weighted by Crippen LogP contribution is -2.34. The Morgan fingerprint density at radius 3 is 2.78 bits per heavy atom. The first-order chi connectivity index (χ1) is 8.45. The van der Waals surface area contributed by atoms with E-state index in [1.165, 1.54) is 11.3 Å². The van der Waals surface area contributed by atoms with Crippen molar-refractivity contribution < 1.29 is 9.59 Å². The van der Waals surface area contributed by atoms with Gasteiger partial charge < -0.3 is 16.4 Å². The predicted molar refractivity (Wildman–Crippen MR) is 70.5 cm³/mol. The lowest BCUT2D eigenvalue weighted by Gasteiger charge is -2.22. The minimum Gasteiger partial charge on any atom is -0.366 e. The number of rotatable bonds is 3. The summed E-state index contributed by atoms with van der Waals surface area (Å²) in [5.41, 5.74) is 11.3. The molecule has 98 valence electrons. The highest BCUT2D eigenvalue weighted by Crippen LogP contribution is 2.30. The number of nitrogens with two attached hydrogens (primary N) is 2. The van der Waals surface area contributed by atoms with Gasteiger partial charge >= 0.3 is 0 Å². The molecule has 5 nitrogen and oxygen atoms in total. The number of hydrogen-bond acceptors (Lipinski definition) is 4. The van der Waals surface area contributed by atoms with Gasteiger partial charge in [0.25, 0.3) is 5.91 Å². The molecule has 1 unspecified atom stereocenters. The Hall–Kier alpha value is -1.40. The van der Waals surface area contributed by atoms with Crippen LogP contribution >= 0.6 is 11.3 Å². The second-order valence-electron chi connectivity index (χ2n) is 5.06. The number of primary amides is 1. The van der Waals surface area contributed by atoms with Crippen LogP contribution in [0.25, 0.3) is 0 Å². The van der Waals surface area contributed by atoms with E-state index in [0.717, 1.165) is 13.0 Å². The van der Waals surface area contributed by atoms with E-state index in [4.69, 9.17) is 11.5 Å². The summed E-state index contributed by atoms with van der Waals surface area (Å²) in [6, 6.07) is 1.56. The minimum atomic E-state index is -0.501. The molecule has 1 atom stereocenters. The molecule has 2 amide bonds. The number of amides is 2. The standard InChI is InChI=1S/C12H17N3O2S/c1-12(6-13)2-3-15(7-12)11(17)9-4-8(5-18-9)10(14)16/h4-5H,2-3,6-7,13H2,1H3,(H2,14,16). The molecule has 0 radical (unpaired) electrons. The van der Waals surface area contributed by atoms with Crippen molar-refractivity contribution >= 4 is 23.2 Å². The molecule has 1 saturated heterocycles. The van der Waals surface area contributed by atoms with Gasteiger partial charge in [0.1, 0.15) is 0 Å². The van der Waals surface area contributed by atoms with Gasteiger partial charge in [0.2, 0.25) is 5.91 Å². The van der Waals surface area contributed by atoms with E-state index in [9.17, 15) is 9.59 Å². The lowest BCUT2D eigenvalue weighted by atomic mass is 9.90. The van der Waals surface area contributed by atoms with E-state index in [-0.39, 0.29) is 11.3 Å². The topological polar surface area (TPSA) is 89.4 Å². The van der Waals surface area contributed by atoms with Crippen LogP contribution in [-0.4, -0.2) is 36.3 Å². The van der Waals surface area contributed by atoms with Crippen LogP contribution in [0.1, 0.15) is 33.4 Å². The SMILES string of the molecule is CC1(CN)CCN(C(=O)c2cc(C(N)=O)cs2)C1. The molecule has 1 aromatic rings. The zero-order chi connectivity index (χ0) is 13.3. The van der Waals surface area contributed by atoms with Crippen LogP contribution in [0.2, 0.25) is 0 Å². The molecule has 1 aliphatic heterocycles. The maximum atomic E-state index is 12.2. The van der Waals surface area contributed by atoms with Gasteiger partial charge in [-0.2, -0.15) is 0 Å². The molecule has 2 heterocycles. The van der Waals surface area contributed by atoms with E-state index >= 15 is 0 Å². The third-order valence-electron chi connectivity index (χ3n) is 3.43. The Kier molecular flexibility index (Phi) is 3.41. The Morgan fingerprint density at radius 2 is 2.28 bits per heavy atom. The van der Waals surface area contributed by atoms with Gasteiger partial charge in [0, 0.05) is 18.5 Å². The third kappa shape index (κ3) is 2.39. The molecule has 0 saturated carbocycles. The van der Waals surface area contributed by atoms with Gasteiger partial charge in [-0.3, -0.25) is 9.59 Å². The summed E-state index contributed by atoms with van der Waals surface area (Å²) in [5, 5.41) is 1.62. The monoisotopic (exact) mass is 267 g/mol. The molecule has 6 heteroatoms. The molecular formula is C12H17N3O2S. The quantitative estimate of drug-likeness (QED) is 0.843. The summed E-state index contributed by atoms with van der Waals surface area (Å²) in [7, 11) is 0. The summed E-state index contributed by atoms with van der Waals surface area (Å²) in [6.45, 7) is 4.06. The smallest absolute Gasteiger partial charge is 0.263 e. The molecule has 0 aliphatic carbocycles. The summed E-state index contributed by atoms with van der Waals surface area (Å²) in [4.78, 5) is 25.6. The van der Waals surface area contributed by atoms with Gasteiger partial charge in [-0.1, -0.05) is 6.92 Å². The van der Waals surface area contributed by atoms with Gasteiger partial charge in [-0.05, 0) is 24.4 Å².